The Morgan fingerprint density at radius 2 is 2.16 bits per heavy atom. The number of benzene rings is 1. The summed E-state index contributed by atoms with van der Waals surface area (Å²) in [4.78, 5) is 11.7. The van der Waals surface area contributed by atoms with Gasteiger partial charge in [0.2, 0.25) is 0 Å². The Balaban J connectivity index is 2.59. The second-order valence-corrected chi connectivity index (χ2v) is 4.38. The predicted octanol–water partition coefficient (Wildman–Crippen LogP) is 2.37. The molecule has 0 aliphatic heterocycles. The smallest absolute Gasteiger partial charge is 0.319 e. The maximum absolute atomic E-state index is 11.7. The first-order chi connectivity index (χ1) is 9.17. The molecule has 1 unspecified atom stereocenters. The van der Waals surface area contributed by atoms with Crippen LogP contribution in [0, 0.1) is 0 Å². The summed E-state index contributed by atoms with van der Waals surface area (Å²) in [6.45, 7) is 4.35. The number of para-hydroxylation sites is 2. The second kappa shape index (κ2) is 8.37. The molecule has 0 fully saturated rings. The average Bonchev–Trinajstić information content (AvgIpc) is 2.40. The van der Waals surface area contributed by atoms with Crippen molar-refractivity contribution in [1.82, 2.24) is 5.32 Å². The standard InChI is InChI=1S/C14H22N2O3/c1-3-4-9-19-13-8-6-5-7-12(13)16-14(18)15-11(2)10-17/h5-8,11,17H,3-4,9-10H2,1-2H3,(H2,15,16,18). The van der Waals surface area contributed by atoms with E-state index in [-0.39, 0.29) is 18.7 Å². The average molecular weight is 266 g/mol. The van der Waals surface area contributed by atoms with E-state index in [2.05, 4.69) is 17.6 Å². The molecule has 0 aliphatic carbocycles. The maximum Gasteiger partial charge on any atom is 0.319 e. The number of aliphatic hydroxyl groups is 1. The van der Waals surface area contributed by atoms with E-state index >= 15 is 0 Å². The molecule has 2 amide bonds. The summed E-state index contributed by atoms with van der Waals surface area (Å²) in [5.41, 5.74) is 0.626. The van der Waals surface area contributed by atoms with Gasteiger partial charge < -0.3 is 20.5 Å². The van der Waals surface area contributed by atoms with Crippen molar-refractivity contribution in [2.24, 2.45) is 0 Å². The summed E-state index contributed by atoms with van der Waals surface area (Å²) < 4.78 is 5.62. The summed E-state index contributed by atoms with van der Waals surface area (Å²) in [6.07, 6.45) is 2.03. The predicted molar refractivity (Wildman–Crippen MR) is 75.5 cm³/mol. The molecule has 0 aromatic heterocycles. The highest BCUT2D eigenvalue weighted by molar-refractivity contribution is 5.91. The van der Waals surface area contributed by atoms with Crippen molar-refractivity contribution in [1.29, 1.82) is 0 Å². The summed E-state index contributed by atoms with van der Waals surface area (Å²) >= 11 is 0. The van der Waals surface area contributed by atoms with Crippen molar-refractivity contribution in [2.75, 3.05) is 18.5 Å². The van der Waals surface area contributed by atoms with E-state index in [1.165, 1.54) is 0 Å². The van der Waals surface area contributed by atoms with E-state index in [0.717, 1.165) is 12.8 Å². The van der Waals surface area contributed by atoms with E-state index in [1.54, 1.807) is 13.0 Å². The van der Waals surface area contributed by atoms with Gasteiger partial charge in [0.15, 0.2) is 0 Å². The lowest BCUT2D eigenvalue weighted by Gasteiger charge is -2.15. The summed E-state index contributed by atoms with van der Waals surface area (Å²) in [6, 6.07) is 6.66. The second-order valence-electron chi connectivity index (χ2n) is 4.38. The molecule has 1 aromatic carbocycles. The van der Waals surface area contributed by atoms with Gasteiger partial charge in [0.05, 0.1) is 24.9 Å². The molecule has 0 spiro atoms. The van der Waals surface area contributed by atoms with Gasteiger partial charge in [0.25, 0.3) is 0 Å². The number of amides is 2. The molecule has 1 atom stereocenters. The van der Waals surface area contributed by atoms with Gasteiger partial charge in [-0.05, 0) is 25.5 Å². The van der Waals surface area contributed by atoms with E-state index in [9.17, 15) is 4.79 Å². The third kappa shape index (κ3) is 5.61. The van der Waals surface area contributed by atoms with Crippen molar-refractivity contribution in [2.45, 2.75) is 32.7 Å². The van der Waals surface area contributed by atoms with E-state index in [1.807, 2.05) is 18.2 Å². The summed E-state index contributed by atoms with van der Waals surface area (Å²) in [7, 11) is 0. The van der Waals surface area contributed by atoms with Gasteiger partial charge in [0, 0.05) is 0 Å². The Morgan fingerprint density at radius 1 is 1.42 bits per heavy atom. The molecule has 5 nitrogen and oxygen atoms in total. The minimum absolute atomic E-state index is 0.0952. The lowest BCUT2D eigenvalue weighted by atomic mass is 10.3. The van der Waals surface area contributed by atoms with Crippen molar-refractivity contribution in [3.8, 4) is 5.75 Å². The van der Waals surface area contributed by atoms with Crippen LogP contribution in [-0.4, -0.2) is 30.4 Å². The van der Waals surface area contributed by atoms with Crippen LogP contribution in [-0.2, 0) is 0 Å². The highest BCUT2D eigenvalue weighted by Crippen LogP contribution is 2.23. The van der Waals surface area contributed by atoms with Crippen molar-refractivity contribution >= 4 is 11.7 Å². The first-order valence-corrected chi connectivity index (χ1v) is 6.57. The fourth-order valence-corrected chi connectivity index (χ4v) is 1.45. The Bertz CT molecular complexity index is 396. The summed E-state index contributed by atoms with van der Waals surface area (Å²) in [5.74, 6) is 0.655. The van der Waals surface area contributed by atoms with Crippen LogP contribution in [0.1, 0.15) is 26.7 Å². The minimum atomic E-state index is -0.354. The quantitative estimate of drug-likeness (QED) is 0.663. The Labute approximate surface area is 114 Å². The Hall–Kier alpha value is -1.75. The van der Waals surface area contributed by atoms with Crippen LogP contribution in [0.4, 0.5) is 10.5 Å². The Morgan fingerprint density at radius 3 is 2.84 bits per heavy atom. The van der Waals surface area contributed by atoms with Crippen molar-refractivity contribution < 1.29 is 14.6 Å². The molecule has 0 saturated carbocycles. The lowest BCUT2D eigenvalue weighted by Crippen LogP contribution is -2.38. The lowest BCUT2D eigenvalue weighted by molar-refractivity contribution is 0.229. The number of carbonyl (C=O) groups is 1. The molecular formula is C14H22N2O3. The van der Waals surface area contributed by atoms with Gasteiger partial charge in [-0.3, -0.25) is 0 Å². The third-order valence-corrected chi connectivity index (χ3v) is 2.54. The number of hydrogen-bond acceptors (Lipinski definition) is 3. The highest BCUT2D eigenvalue weighted by atomic mass is 16.5. The van der Waals surface area contributed by atoms with Gasteiger partial charge in [-0.15, -0.1) is 0 Å². The largest absolute Gasteiger partial charge is 0.491 e. The van der Waals surface area contributed by atoms with Crippen LogP contribution in [0.25, 0.3) is 0 Å². The van der Waals surface area contributed by atoms with E-state index < -0.39 is 0 Å². The molecule has 0 radical (unpaired) electrons. The Kier molecular flexibility index (Phi) is 6.74. The van der Waals surface area contributed by atoms with E-state index in [0.29, 0.717) is 18.0 Å². The van der Waals surface area contributed by atoms with Gasteiger partial charge in [-0.25, -0.2) is 4.79 Å². The van der Waals surface area contributed by atoms with Crippen molar-refractivity contribution in [3.63, 3.8) is 0 Å². The maximum atomic E-state index is 11.7. The molecule has 106 valence electrons. The van der Waals surface area contributed by atoms with Crippen LogP contribution >= 0.6 is 0 Å². The first-order valence-electron chi connectivity index (χ1n) is 6.57. The molecule has 1 aromatic rings. The molecule has 5 heteroatoms. The first kappa shape index (κ1) is 15.3. The van der Waals surface area contributed by atoms with Crippen LogP contribution in [0.5, 0.6) is 5.75 Å². The van der Waals surface area contributed by atoms with Crippen LogP contribution in [0.2, 0.25) is 0 Å². The van der Waals surface area contributed by atoms with Crippen molar-refractivity contribution in [3.05, 3.63) is 24.3 Å². The number of carbonyl (C=O) groups excluding carboxylic acids is 1. The fraction of sp³-hybridized carbons (Fsp3) is 0.500. The molecule has 3 N–H and O–H groups in total. The SMILES string of the molecule is CCCCOc1ccccc1NC(=O)NC(C)CO. The normalized spacial score (nSPS) is 11.7. The zero-order chi connectivity index (χ0) is 14.1. The number of unbranched alkanes of at least 4 members (excludes halogenated alkanes) is 1. The van der Waals surface area contributed by atoms with Crippen LogP contribution in [0.15, 0.2) is 24.3 Å². The number of ether oxygens (including phenoxy) is 1. The number of rotatable bonds is 7. The zero-order valence-corrected chi connectivity index (χ0v) is 11.5. The molecule has 19 heavy (non-hydrogen) atoms. The zero-order valence-electron chi connectivity index (χ0n) is 11.5. The number of nitrogens with one attached hydrogen (secondary N) is 2. The van der Waals surface area contributed by atoms with Gasteiger partial charge >= 0.3 is 6.03 Å². The molecule has 0 aliphatic rings. The number of urea groups is 1. The fourth-order valence-electron chi connectivity index (χ4n) is 1.45. The number of hydrogen-bond donors (Lipinski definition) is 3. The van der Waals surface area contributed by atoms with Crippen LogP contribution in [0.3, 0.4) is 0 Å². The van der Waals surface area contributed by atoms with Gasteiger partial charge in [0.1, 0.15) is 5.75 Å². The number of anilines is 1. The highest BCUT2D eigenvalue weighted by Gasteiger charge is 2.09. The molecule has 0 saturated heterocycles. The topological polar surface area (TPSA) is 70.6 Å². The third-order valence-electron chi connectivity index (χ3n) is 2.54. The van der Waals surface area contributed by atoms with E-state index in [4.69, 9.17) is 9.84 Å². The molecular weight excluding hydrogens is 244 g/mol. The minimum Gasteiger partial charge on any atom is -0.491 e. The van der Waals surface area contributed by atoms with Gasteiger partial charge in [-0.1, -0.05) is 25.5 Å². The number of aliphatic hydroxyl groups excluding tert-OH is 1. The molecule has 0 bridgehead atoms. The monoisotopic (exact) mass is 266 g/mol. The summed E-state index contributed by atoms with van der Waals surface area (Å²) in [5, 5.41) is 14.2. The van der Waals surface area contributed by atoms with Crippen LogP contribution < -0.4 is 15.4 Å². The molecule has 1 rings (SSSR count). The molecule has 0 heterocycles. The van der Waals surface area contributed by atoms with Gasteiger partial charge in [-0.2, -0.15) is 0 Å².